The summed E-state index contributed by atoms with van der Waals surface area (Å²) in [6.45, 7) is 14.8. The lowest BCUT2D eigenvalue weighted by Gasteiger charge is -2.64. The molecule has 0 aliphatic heterocycles. The van der Waals surface area contributed by atoms with E-state index in [0.29, 0.717) is 22.8 Å². The highest BCUT2D eigenvalue weighted by Crippen LogP contribution is 2.69. The molecule has 4 aliphatic rings. The van der Waals surface area contributed by atoms with Gasteiger partial charge in [0.25, 0.3) is 0 Å². The number of aromatic nitrogens is 1. The van der Waals surface area contributed by atoms with Crippen LogP contribution in [0.25, 0.3) is 10.9 Å². The van der Waals surface area contributed by atoms with Crippen molar-refractivity contribution in [2.45, 2.75) is 143 Å². The van der Waals surface area contributed by atoms with E-state index in [-0.39, 0.29) is 64.8 Å². The first-order valence-corrected chi connectivity index (χ1v) is 21.7. The topological polar surface area (TPSA) is 116 Å². The van der Waals surface area contributed by atoms with Gasteiger partial charge in [-0.1, -0.05) is 45.2 Å². The van der Waals surface area contributed by atoms with Crippen LogP contribution in [0.3, 0.4) is 0 Å². The van der Waals surface area contributed by atoms with E-state index in [9.17, 15) is 14.4 Å². The zero-order valence-electron chi connectivity index (χ0n) is 34.2. The molecule has 0 radical (unpaired) electrons. The number of esters is 3. The second-order valence-corrected chi connectivity index (χ2v) is 18.4. The number of nitrogens with one attached hydrogen (secondary N) is 2. The van der Waals surface area contributed by atoms with Gasteiger partial charge in [0.15, 0.2) is 0 Å². The van der Waals surface area contributed by atoms with Crippen LogP contribution in [0.5, 0.6) is 0 Å². The van der Waals surface area contributed by atoms with Crippen LogP contribution in [-0.2, 0) is 28.6 Å². The summed E-state index contributed by atoms with van der Waals surface area (Å²) < 4.78 is 18.3. The molecule has 0 amide bonds. The standard InChI is InChI=1S/C45H66ClN3O6/c1-28(12-11-21-47-20-9-7-8-10-22-48-39-18-23-49-40-26-33(46)13-14-35(39)40)36-15-16-37-43-38(27-42(45(36,37)6)55-31(4)52)44(5)19-17-34(53-29(2)50)24-32(44)25-41(43)54-30(3)51/h13-14,18,23,26,28,32,34,36-38,41-43,47H,7-12,15-17,19-22,24-25,27H2,1-6H3,(H,48,49)/t28?,32-,34+,36+,37?,38?,41+,42-,43?,44-,45+/m0/s1. The monoisotopic (exact) mass is 779 g/mol. The van der Waals surface area contributed by atoms with E-state index in [1.807, 2.05) is 30.5 Å². The van der Waals surface area contributed by atoms with E-state index < -0.39 is 0 Å². The molecule has 4 unspecified atom stereocenters. The highest BCUT2D eigenvalue weighted by atomic mass is 35.5. The Hall–Kier alpha value is -2.91. The highest BCUT2D eigenvalue weighted by molar-refractivity contribution is 6.31. The van der Waals surface area contributed by atoms with Gasteiger partial charge in [0.2, 0.25) is 0 Å². The molecular formula is C45H66ClN3O6. The zero-order valence-corrected chi connectivity index (χ0v) is 34.9. The van der Waals surface area contributed by atoms with Gasteiger partial charge in [0.05, 0.1) is 5.52 Å². The number of anilines is 1. The van der Waals surface area contributed by atoms with Crippen LogP contribution < -0.4 is 10.6 Å². The average molecular weight is 780 g/mol. The lowest BCUT2D eigenvalue weighted by Crippen LogP contribution is -2.63. The van der Waals surface area contributed by atoms with Crippen molar-refractivity contribution in [3.63, 3.8) is 0 Å². The Balaban J connectivity index is 0.991. The molecule has 2 N–H and O–H groups in total. The summed E-state index contributed by atoms with van der Waals surface area (Å²) in [5.74, 6) is 1.35. The maximum Gasteiger partial charge on any atom is 0.302 e. The number of hydrogen-bond donors (Lipinski definition) is 2. The van der Waals surface area contributed by atoms with Crippen LogP contribution in [0.15, 0.2) is 30.5 Å². The molecule has 1 aromatic heterocycles. The van der Waals surface area contributed by atoms with Crippen LogP contribution in [0.4, 0.5) is 5.69 Å². The number of ether oxygens (including phenoxy) is 3. The molecule has 11 atom stereocenters. The van der Waals surface area contributed by atoms with Gasteiger partial charge in [-0.25, -0.2) is 0 Å². The number of hydrogen-bond acceptors (Lipinski definition) is 9. The molecule has 4 saturated carbocycles. The molecule has 10 heteroatoms. The van der Waals surface area contributed by atoms with Gasteiger partial charge in [-0.15, -0.1) is 0 Å². The Morgan fingerprint density at radius 3 is 2.33 bits per heavy atom. The molecule has 2 aromatic rings. The lowest BCUT2D eigenvalue weighted by molar-refractivity contribution is -0.224. The molecule has 0 spiro atoms. The second kappa shape index (κ2) is 18.1. The van der Waals surface area contributed by atoms with Gasteiger partial charge in [-0.3, -0.25) is 19.4 Å². The Kier molecular flexibility index (Phi) is 13.7. The third-order valence-electron chi connectivity index (χ3n) is 14.7. The predicted octanol–water partition coefficient (Wildman–Crippen LogP) is 9.54. The third-order valence-corrected chi connectivity index (χ3v) is 14.9. The molecule has 4 fully saturated rings. The van der Waals surface area contributed by atoms with E-state index >= 15 is 0 Å². The number of rotatable bonds is 16. The van der Waals surface area contributed by atoms with Gasteiger partial charge in [-0.2, -0.15) is 0 Å². The Labute approximate surface area is 334 Å². The molecule has 9 nitrogen and oxygen atoms in total. The average Bonchev–Trinajstić information content (AvgIpc) is 3.48. The molecule has 1 aromatic carbocycles. The minimum atomic E-state index is -0.234. The second-order valence-electron chi connectivity index (χ2n) is 18.0. The van der Waals surface area contributed by atoms with Crippen molar-refractivity contribution in [2.75, 3.05) is 25.0 Å². The first-order valence-electron chi connectivity index (χ1n) is 21.3. The number of unbranched alkanes of at least 4 members (excludes halogenated alkanes) is 3. The fraction of sp³-hybridized carbons (Fsp3) is 0.733. The van der Waals surface area contributed by atoms with Crippen molar-refractivity contribution in [3.8, 4) is 0 Å². The minimum Gasteiger partial charge on any atom is -0.463 e. The first kappa shape index (κ1) is 41.7. The molecule has 4 aliphatic carbocycles. The fourth-order valence-electron chi connectivity index (χ4n) is 12.2. The van der Waals surface area contributed by atoms with Crippen molar-refractivity contribution in [1.29, 1.82) is 0 Å². The molecule has 1 heterocycles. The van der Waals surface area contributed by atoms with Gasteiger partial charge in [0, 0.05) is 60.9 Å². The smallest absolute Gasteiger partial charge is 0.302 e. The summed E-state index contributed by atoms with van der Waals surface area (Å²) in [6, 6.07) is 7.88. The van der Waals surface area contributed by atoms with Crippen LogP contribution in [0.2, 0.25) is 5.02 Å². The largest absolute Gasteiger partial charge is 0.463 e. The van der Waals surface area contributed by atoms with Crippen LogP contribution in [0, 0.1) is 46.3 Å². The van der Waals surface area contributed by atoms with Crippen LogP contribution >= 0.6 is 11.6 Å². The van der Waals surface area contributed by atoms with E-state index in [0.717, 1.165) is 100 Å². The van der Waals surface area contributed by atoms with E-state index in [1.165, 1.54) is 33.1 Å². The van der Waals surface area contributed by atoms with E-state index in [4.69, 9.17) is 25.8 Å². The van der Waals surface area contributed by atoms with Crippen molar-refractivity contribution >= 4 is 46.1 Å². The van der Waals surface area contributed by atoms with Crippen molar-refractivity contribution < 1.29 is 28.6 Å². The van der Waals surface area contributed by atoms with Gasteiger partial charge in [-0.05, 0) is 143 Å². The fourth-order valence-corrected chi connectivity index (χ4v) is 12.4. The predicted molar refractivity (Wildman–Crippen MR) is 218 cm³/mol. The molecule has 304 valence electrons. The number of pyridine rings is 1. The first-order chi connectivity index (χ1) is 26.3. The molecule has 0 saturated heterocycles. The quantitative estimate of drug-likeness (QED) is 0.0977. The van der Waals surface area contributed by atoms with Crippen molar-refractivity contribution in [2.24, 2.45) is 46.3 Å². The number of halogens is 1. The summed E-state index contributed by atoms with van der Waals surface area (Å²) >= 11 is 6.14. The lowest BCUT2D eigenvalue weighted by atomic mass is 9.43. The maximum absolute atomic E-state index is 12.7. The SMILES string of the molecule is CC(=O)O[C@@H]1CC[C@]2(C)C3C[C@H](OC(C)=O)[C@@]4(C)C(CC[C@@H]4C(C)CCCNCCCCCCNc4ccnc5cc(Cl)ccc45)C3[C@H](OC(C)=O)C[C@@H]2C1. The summed E-state index contributed by atoms with van der Waals surface area (Å²) in [7, 11) is 0. The molecular weight excluding hydrogens is 714 g/mol. The molecule has 55 heavy (non-hydrogen) atoms. The van der Waals surface area contributed by atoms with E-state index in [1.54, 1.807) is 6.92 Å². The normalized spacial score (nSPS) is 33.1. The Morgan fingerprint density at radius 1 is 0.855 bits per heavy atom. The maximum atomic E-state index is 12.7. The highest BCUT2D eigenvalue weighted by Gasteiger charge is 2.67. The summed E-state index contributed by atoms with van der Waals surface area (Å²) in [5.41, 5.74) is 1.86. The number of fused-ring (bicyclic) bond motifs is 6. The third kappa shape index (κ3) is 9.29. The van der Waals surface area contributed by atoms with Crippen LogP contribution in [0.1, 0.15) is 125 Å². The summed E-state index contributed by atoms with van der Waals surface area (Å²) in [6.07, 6.45) is 14.8. The minimum absolute atomic E-state index is 0.00892. The Bertz CT molecular complexity index is 1660. The van der Waals surface area contributed by atoms with Crippen molar-refractivity contribution in [3.05, 3.63) is 35.5 Å². The Morgan fingerprint density at radius 2 is 1.58 bits per heavy atom. The number of nitrogens with zero attached hydrogens (tertiary/aromatic N) is 1. The summed E-state index contributed by atoms with van der Waals surface area (Å²) in [4.78, 5) is 41.6. The summed E-state index contributed by atoms with van der Waals surface area (Å²) in [5, 5.41) is 9.08. The van der Waals surface area contributed by atoms with E-state index in [2.05, 4.69) is 36.4 Å². The number of carbonyl (C=O) groups is 3. The van der Waals surface area contributed by atoms with Crippen molar-refractivity contribution in [1.82, 2.24) is 10.3 Å². The molecule has 0 bridgehead atoms. The molecule has 6 rings (SSSR count). The number of benzene rings is 1. The zero-order chi connectivity index (χ0) is 39.3. The van der Waals surface area contributed by atoms with Gasteiger partial charge >= 0.3 is 17.9 Å². The van der Waals surface area contributed by atoms with Gasteiger partial charge < -0.3 is 24.8 Å². The number of carbonyl (C=O) groups excluding carboxylic acids is 3. The van der Waals surface area contributed by atoms with Gasteiger partial charge in [0.1, 0.15) is 18.3 Å². The van der Waals surface area contributed by atoms with Crippen LogP contribution in [-0.4, -0.2) is 60.8 Å².